The van der Waals surface area contributed by atoms with Gasteiger partial charge in [0.15, 0.2) is 0 Å². The Kier molecular flexibility index (Phi) is 8.85. The molecule has 3 amide bonds. The number of carbonyl (C=O) groups is 3. The van der Waals surface area contributed by atoms with Gasteiger partial charge in [0.25, 0.3) is 5.91 Å². The molecule has 0 bridgehead atoms. The van der Waals surface area contributed by atoms with E-state index in [9.17, 15) is 14.4 Å². The molecule has 2 atom stereocenters. The van der Waals surface area contributed by atoms with Crippen molar-refractivity contribution in [3.8, 4) is 0 Å². The normalized spacial score (nSPS) is 16.6. The monoisotopic (exact) mass is 485 g/mol. The van der Waals surface area contributed by atoms with Gasteiger partial charge in [0.1, 0.15) is 6.04 Å². The maximum atomic E-state index is 13.6. The molecule has 34 heavy (non-hydrogen) atoms. The molecule has 1 aliphatic heterocycles. The molecule has 1 saturated heterocycles. The third kappa shape index (κ3) is 6.90. The zero-order valence-corrected chi connectivity index (χ0v) is 21.2. The van der Waals surface area contributed by atoms with E-state index in [0.717, 1.165) is 30.4 Å². The summed E-state index contributed by atoms with van der Waals surface area (Å²) in [5, 5.41) is 7.63. The largest absolute Gasteiger partial charge is 0.376 e. The molecule has 0 aliphatic carbocycles. The molecular weight excluding hydrogens is 450 g/mol. The van der Waals surface area contributed by atoms with E-state index in [1.165, 1.54) is 11.3 Å². The van der Waals surface area contributed by atoms with Crippen LogP contribution in [0.3, 0.4) is 0 Å². The van der Waals surface area contributed by atoms with E-state index >= 15 is 0 Å². The van der Waals surface area contributed by atoms with Crippen LogP contribution in [-0.2, 0) is 14.3 Å². The molecule has 0 unspecified atom stereocenters. The van der Waals surface area contributed by atoms with E-state index in [1.54, 1.807) is 17.0 Å². The SMILES string of the molecule is CCC(C)(C)NC(=O)[C@H](c1ccc(C)cc1)N(C[C@H]1CCCO1)C(=O)CNC(=O)c1cccs1. The fourth-order valence-corrected chi connectivity index (χ4v) is 4.46. The van der Waals surface area contributed by atoms with Crippen LogP contribution in [0.1, 0.15) is 66.9 Å². The van der Waals surface area contributed by atoms with Gasteiger partial charge >= 0.3 is 0 Å². The van der Waals surface area contributed by atoms with Gasteiger partial charge in [-0.3, -0.25) is 14.4 Å². The molecule has 2 heterocycles. The molecule has 1 fully saturated rings. The van der Waals surface area contributed by atoms with E-state index in [4.69, 9.17) is 4.74 Å². The van der Waals surface area contributed by atoms with Crippen molar-refractivity contribution in [3.05, 3.63) is 57.8 Å². The van der Waals surface area contributed by atoms with E-state index in [0.29, 0.717) is 11.5 Å². The van der Waals surface area contributed by atoms with Crippen LogP contribution in [0.5, 0.6) is 0 Å². The van der Waals surface area contributed by atoms with Crippen LogP contribution in [0, 0.1) is 6.92 Å². The van der Waals surface area contributed by atoms with Crippen molar-refractivity contribution in [2.24, 2.45) is 0 Å². The van der Waals surface area contributed by atoms with Crippen LogP contribution in [0.2, 0.25) is 0 Å². The number of nitrogens with zero attached hydrogens (tertiary/aromatic N) is 1. The van der Waals surface area contributed by atoms with Crippen LogP contribution < -0.4 is 10.6 Å². The first kappa shape index (κ1) is 25.9. The lowest BCUT2D eigenvalue weighted by molar-refractivity contribution is -0.142. The quantitative estimate of drug-likeness (QED) is 0.535. The average Bonchev–Trinajstić information content (AvgIpc) is 3.52. The molecule has 0 spiro atoms. The van der Waals surface area contributed by atoms with Crippen molar-refractivity contribution in [2.45, 2.75) is 64.6 Å². The number of nitrogens with one attached hydrogen (secondary N) is 2. The fraction of sp³-hybridized carbons (Fsp3) is 0.500. The van der Waals surface area contributed by atoms with Crippen molar-refractivity contribution >= 4 is 29.1 Å². The number of benzene rings is 1. The number of aryl methyl sites for hydroxylation is 1. The Labute approximate surface area is 205 Å². The van der Waals surface area contributed by atoms with Crippen LogP contribution in [0.15, 0.2) is 41.8 Å². The lowest BCUT2D eigenvalue weighted by Gasteiger charge is -2.35. The summed E-state index contributed by atoms with van der Waals surface area (Å²) >= 11 is 1.31. The Morgan fingerprint density at radius 3 is 2.53 bits per heavy atom. The number of ether oxygens (including phenoxy) is 1. The second kappa shape index (κ2) is 11.6. The van der Waals surface area contributed by atoms with Gasteiger partial charge < -0.3 is 20.3 Å². The summed E-state index contributed by atoms with van der Waals surface area (Å²) in [7, 11) is 0. The van der Waals surface area contributed by atoms with Crippen molar-refractivity contribution in [1.82, 2.24) is 15.5 Å². The number of carbonyl (C=O) groups excluding carboxylic acids is 3. The third-order valence-corrected chi connectivity index (χ3v) is 7.06. The van der Waals surface area contributed by atoms with E-state index < -0.39 is 11.6 Å². The van der Waals surface area contributed by atoms with Gasteiger partial charge in [-0.25, -0.2) is 0 Å². The Morgan fingerprint density at radius 1 is 1.21 bits per heavy atom. The molecule has 8 heteroatoms. The second-order valence-corrected chi connectivity index (χ2v) is 10.3. The highest BCUT2D eigenvalue weighted by molar-refractivity contribution is 7.12. The summed E-state index contributed by atoms with van der Waals surface area (Å²) in [6.07, 6.45) is 2.35. The fourth-order valence-electron chi connectivity index (χ4n) is 3.82. The maximum Gasteiger partial charge on any atom is 0.261 e. The molecule has 7 nitrogen and oxygen atoms in total. The Morgan fingerprint density at radius 2 is 1.94 bits per heavy atom. The summed E-state index contributed by atoms with van der Waals surface area (Å²) in [6, 6.07) is 10.3. The standard InChI is InChI=1S/C26H35N3O4S/c1-5-26(3,4)28-25(32)23(19-12-10-18(2)11-13-19)29(17-20-8-6-14-33-20)22(30)16-27-24(31)21-9-7-15-34-21/h7,9-13,15,20,23H,5-6,8,14,16-17H2,1-4H3,(H,27,31)(H,28,32)/t20-,23+/m1/s1. The highest BCUT2D eigenvalue weighted by atomic mass is 32.1. The summed E-state index contributed by atoms with van der Waals surface area (Å²) in [4.78, 5) is 41.7. The molecule has 1 aliphatic rings. The Hall–Kier alpha value is -2.71. The topological polar surface area (TPSA) is 87.7 Å². The molecule has 1 aromatic heterocycles. The van der Waals surface area contributed by atoms with E-state index in [2.05, 4.69) is 10.6 Å². The zero-order valence-electron chi connectivity index (χ0n) is 20.4. The van der Waals surface area contributed by atoms with E-state index in [1.807, 2.05) is 57.3 Å². The van der Waals surface area contributed by atoms with Gasteiger partial charge in [0, 0.05) is 18.7 Å². The summed E-state index contributed by atoms with van der Waals surface area (Å²) in [6.45, 7) is 8.65. The molecule has 184 valence electrons. The summed E-state index contributed by atoms with van der Waals surface area (Å²) in [5.41, 5.74) is 1.37. The van der Waals surface area contributed by atoms with Gasteiger partial charge in [0.2, 0.25) is 11.8 Å². The number of hydrogen-bond acceptors (Lipinski definition) is 5. The van der Waals surface area contributed by atoms with Crippen molar-refractivity contribution in [2.75, 3.05) is 19.7 Å². The Bertz CT molecular complexity index is 966. The highest BCUT2D eigenvalue weighted by Crippen LogP contribution is 2.26. The van der Waals surface area contributed by atoms with Crippen molar-refractivity contribution in [1.29, 1.82) is 0 Å². The minimum Gasteiger partial charge on any atom is -0.376 e. The lowest BCUT2D eigenvalue weighted by atomic mass is 9.97. The summed E-state index contributed by atoms with van der Waals surface area (Å²) in [5.74, 6) is -0.870. The molecular formula is C26H35N3O4S. The predicted molar refractivity (Wildman–Crippen MR) is 134 cm³/mol. The van der Waals surface area contributed by atoms with Gasteiger partial charge in [-0.05, 0) is 57.0 Å². The van der Waals surface area contributed by atoms with Gasteiger partial charge in [0.05, 0.1) is 17.5 Å². The smallest absolute Gasteiger partial charge is 0.261 e. The molecule has 0 saturated carbocycles. The average molecular weight is 486 g/mol. The van der Waals surface area contributed by atoms with Gasteiger partial charge in [-0.15, -0.1) is 11.3 Å². The third-order valence-electron chi connectivity index (χ3n) is 6.19. The molecule has 3 rings (SSSR count). The van der Waals surface area contributed by atoms with Gasteiger partial charge in [-0.1, -0.05) is 42.8 Å². The van der Waals surface area contributed by atoms with Crippen molar-refractivity contribution < 1.29 is 19.1 Å². The Balaban J connectivity index is 1.89. The van der Waals surface area contributed by atoms with E-state index in [-0.39, 0.29) is 36.9 Å². The van der Waals surface area contributed by atoms with Crippen LogP contribution in [0.25, 0.3) is 0 Å². The first-order valence-corrected chi connectivity index (χ1v) is 12.7. The number of thiophene rings is 1. The van der Waals surface area contributed by atoms with Crippen molar-refractivity contribution in [3.63, 3.8) is 0 Å². The molecule has 2 aromatic rings. The number of hydrogen-bond donors (Lipinski definition) is 2. The van der Waals surface area contributed by atoms with Crippen LogP contribution >= 0.6 is 11.3 Å². The van der Waals surface area contributed by atoms with Gasteiger partial charge in [-0.2, -0.15) is 0 Å². The highest BCUT2D eigenvalue weighted by Gasteiger charge is 2.36. The number of rotatable bonds is 10. The molecule has 1 aromatic carbocycles. The first-order chi connectivity index (χ1) is 16.2. The lowest BCUT2D eigenvalue weighted by Crippen LogP contribution is -2.53. The molecule has 0 radical (unpaired) electrons. The van der Waals surface area contributed by atoms with Crippen LogP contribution in [-0.4, -0.2) is 54.0 Å². The predicted octanol–water partition coefficient (Wildman–Crippen LogP) is 3.84. The second-order valence-electron chi connectivity index (χ2n) is 9.38. The first-order valence-electron chi connectivity index (χ1n) is 11.8. The number of amides is 3. The zero-order chi connectivity index (χ0) is 24.7. The minimum atomic E-state index is -0.832. The van der Waals surface area contributed by atoms with Crippen LogP contribution in [0.4, 0.5) is 0 Å². The molecule has 2 N–H and O–H groups in total. The summed E-state index contributed by atoms with van der Waals surface area (Å²) < 4.78 is 5.81. The maximum absolute atomic E-state index is 13.6. The minimum absolute atomic E-state index is 0.142.